The first-order valence-electron chi connectivity index (χ1n) is 6.58. The van der Waals surface area contributed by atoms with Crippen molar-refractivity contribution in [3.63, 3.8) is 0 Å². The first kappa shape index (κ1) is 17.3. The summed E-state index contributed by atoms with van der Waals surface area (Å²) in [4.78, 5) is 21.1. The molecule has 24 heavy (non-hydrogen) atoms. The lowest BCUT2D eigenvalue weighted by Crippen LogP contribution is -2.06. The third-order valence-electron chi connectivity index (χ3n) is 2.87. The van der Waals surface area contributed by atoms with Crippen molar-refractivity contribution in [2.75, 3.05) is 5.32 Å². The number of hydrogen-bond donors (Lipinski definition) is 1. The number of rotatable bonds is 4. The van der Waals surface area contributed by atoms with Gasteiger partial charge in [-0.25, -0.2) is 0 Å². The van der Waals surface area contributed by atoms with Crippen LogP contribution in [0.4, 0.5) is 24.5 Å². The standard InChI is InChI=1S/C15H11F3N2O4/c1-9(21)19-11-3-2-4-12(8-11)24-14-6-5-10(15(16,17)18)7-13(14)20(22)23/h2-8H,1H3,(H,19,21). The van der Waals surface area contributed by atoms with Gasteiger partial charge in [-0.3, -0.25) is 14.9 Å². The number of carbonyl (C=O) groups excluding carboxylic acids is 1. The molecule has 0 heterocycles. The zero-order valence-electron chi connectivity index (χ0n) is 12.3. The highest BCUT2D eigenvalue weighted by molar-refractivity contribution is 5.88. The lowest BCUT2D eigenvalue weighted by Gasteiger charge is -2.11. The number of hydrogen-bond acceptors (Lipinski definition) is 4. The third kappa shape index (κ3) is 4.22. The van der Waals surface area contributed by atoms with E-state index in [0.29, 0.717) is 17.8 Å². The Kier molecular flexibility index (Phi) is 4.72. The molecule has 0 aliphatic rings. The molecule has 0 fully saturated rings. The Bertz CT molecular complexity index is 791. The molecule has 0 unspecified atom stereocenters. The van der Waals surface area contributed by atoms with Crippen molar-refractivity contribution in [2.24, 2.45) is 0 Å². The van der Waals surface area contributed by atoms with Crippen LogP contribution in [-0.4, -0.2) is 10.8 Å². The number of anilines is 1. The highest BCUT2D eigenvalue weighted by atomic mass is 19.4. The summed E-state index contributed by atoms with van der Waals surface area (Å²) in [6.07, 6.45) is -4.70. The van der Waals surface area contributed by atoms with E-state index in [2.05, 4.69) is 5.32 Å². The molecule has 2 aromatic carbocycles. The molecule has 0 radical (unpaired) electrons. The molecule has 0 spiro atoms. The van der Waals surface area contributed by atoms with E-state index in [4.69, 9.17) is 4.74 Å². The second kappa shape index (κ2) is 6.57. The highest BCUT2D eigenvalue weighted by Gasteiger charge is 2.33. The smallest absolute Gasteiger partial charge is 0.416 e. The Morgan fingerprint density at radius 2 is 1.92 bits per heavy atom. The lowest BCUT2D eigenvalue weighted by atomic mass is 10.2. The van der Waals surface area contributed by atoms with Gasteiger partial charge in [0.15, 0.2) is 0 Å². The first-order valence-corrected chi connectivity index (χ1v) is 6.58. The number of nitrogens with one attached hydrogen (secondary N) is 1. The summed E-state index contributed by atoms with van der Waals surface area (Å²) in [6.45, 7) is 1.30. The van der Waals surface area contributed by atoms with Gasteiger partial charge in [-0.2, -0.15) is 13.2 Å². The van der Waals surface area contributed by atoms with Crippen LogP contribution in [0, 0.1) is 10.1 Å². The molecule has 0 aliphatic carbocycles. The minimum absolute atomic E-state index is 0.129. The predicted octanol–water partition coefficient (Wildman–Crippen LogP) is 4.36. The summed E-state index contributed by atoms with van der Waals surface area (Å²) in [5.74, 6) is -0.537. The van der Waals surface area contributed by atoms with E-state index in [-0.39, 0.29) is 17.4 Å². The highest BCUT2D eigenvalue weighted by Crippen LogP contribution is 2.38. The van der Waals surface area contributed by atoms with Gasteiger partial charge in [-0.15, -0.1) is 0 Å². The zero-order chi connectivity index (χ0) is 17.9. The topological polar surface area (TPSA) is 81.5 Å². The quantitative estimate of drug-likeness (QED) is 0.662. The van der Waals surface area contributed by atoms with E-state index in [9.17, 15) is 28.1 Å². The van der Waals surface area contributed by atoms with Crippen molar-refractivity contribution in [2.45, 2.75) is 13.1 Å². The predicted molar refractivity (Wildman–Crippen MR) is 78.9 cm³/mol. The molecule has 0 saturated heterocycles. The minimum Gasteiger partial charge on any atom is -0.450 e. The molecule has 2 aromatic rings. The number of nitrogens with zero attached hydrogens (tertiary/aromatic N) is 1. The fourth-order valence-electron chi connectivity index (χ4n) is 1.89. The summed E-state index contributed by atoms with van der Waals surface area (Å²) < 4.78 is 43.3. The molecular weight excluding hydrogens is 329 g/mol. The molecule has 2 rings (SSSR count). The normalized spacial score (nSPS) is 11.0. The average Bonchev–Trinajstić information content (AvgIpc) is 2.45. The first-order chi connectivity index (χ1) is 11.2. The maximum Gasteiger partial charge on any atom is 0.416 e. The number of ether oxygens (including phenoxy) is 1. The molecule has 0 aliphatic heterocycles. The van der Waals surface area contributed by atoms with Gasteiger partial charge in [-0.05, 0) is 24.3 Å². The molecule has 0 bridgehead atoms. The van der Waals surface area contributed by atoms with Crippen LogP contribution >= 0.6 is 0 Å². The average molecular weight is 340 g/mol. The molecule has 0 aromatic heterocycles. The maximum atomic E-state index is 12.7. The summed E-state index contributed by atoms with van der Waals surface area (Å²) in [7, 11) is 0. The Hall–Kier alpha value is -3.10. The maximum absolute atomic E-state index is 12.7. The molecule has 0 atom stereocenters. The number of nitro groups is 1. The summed E-state index contributed by atoms with van der Waals surface area (Å²) in [5.41, 5.74) is -1.57. The summed E-state index contributed by atoms with van der Waals surface area (Å²) in [5, 5.41) is 13.5. The van der Waals surface area contributed by atoms with Crippen LogP contribution in [0.25, 0.3) is 0 Å². The number of halogens is 3. The van der Waals surface area contributed by atoms with E-state index in [1.54, 1.807) is 6.07 Å². The van der Waals surface area contributed by atoms with E-state index >= 15 is 0 Å². The molecule has 9 heteroatoms. The monoisotopic (exact) mass is 340 g/mol. The van der Waals surface area contributed by atoms with Crippen molar-refractivity contribution >= 4 is 17.3 Å². The second-order valence-corrected chi connectivity index (χ2v) is 4.75. The molecular formula is C15H11F3N2O4. The van der Waals surface area contributed by atoms with E-state index in [0.717, 1.165) is 6.07 Å². The van der Waals surface area contributed by atoms with Crippen LogP contribution in [-0.2, 0) is 11.0 Å². The Labute approximate surface area is 134 Å². The van der Waals surface area contributed by atoms with E-state index in [1.807, 2.05) is 0 Å². The van der Waals surface area contributed by atoms with Crippen LogP contribution < -0.4 is 10.1 Å². The van der Waals surface area contributed by atoms with Crippen LogP contribution in [0.1, 0.15) is 12.5 Å². The van der Waals surface area contributed by atoms with Gasteiger partial charge in [0.25, 0.3) is 0 Å². The molecule has 0 saturated carbocycles. The Balaban J connectivity index is 2.36. The number of carbonyl (C=O) groups is 1. The number of benzene rings is 2. The molecule has 1 amide bonds. The van der Waals surface area contributed by atoms with Gasteiger partial charge in [0, 0.05) is 24.7 Å². The fourth-order valence-corrected chi connectivity index (χ4v) is 1.89. The van der Waals surface area contributed by atoms with Crippen molar-refractivity contribution < 1.29 is 27.6 Å². The van der Waals surface area contributed by atoms with Gasteiger partial charge in [-0.1, -0.05) is 6.07 Å². The van der Waals surface area contributed by atoms with Crippen molar-refractivity contribution in [1.82, 2.24) is 0 Å². The number of alkyl halides is 3. The fraction of sp³-hybridized carbons (Fsp3) is 0.133. The largest absolute Gasteiger partial charge is 0.450 e. The van der Waals surface area contributed by atoms with Gasteiger partial charge in [0.05, 0.1) is 10.5 Å². The zero-order valence-corrected chi connectivity index (χ0v) is 12.3. The lowest BCUT2D eigenvalue weighted by molar-refractivity contribution is -0.385. The molecule has 126 valence electrons. The Morgan fingerprint density at radius 1 is 1.21 bits per heavy atom. The van der Waals surface area contributed by atoms with Crippen LogP contribution in [0.3, 0.4) is 0 Å². The SMILES string of the molecule is CC(=O)Nc1cccc(Oc2ccc(C(F)(F)F)cc2[N+](=O)[O-])c1. The number of nitro benzene ring substituents is 1. The van der Waals surface area contributed by atoms with Gasteiger partial charge in [0.1, 0.15) is 5.75 Å². The van der Waals surface area contributed by atoms with Gasteiger partial charge < -0.3 is 10.1 Å². The van der Waals surface area contributed by atoms with Crippen molar-refractivity contribution in [1.29, 1.82) is 0 Å². The third-order valence-corrected chi connectivity index (χ3v) is 2.87. The van der Waals surface area contributed by atoms with Gasteiger partial charge in [0.2, 0.25) is 11.7 Å². The van der Waals surface area contributed by atoms with Crippen molar-refractivity contribution in [3.05, 3.63) is 58.1 Å². The summed E-state index contributed by atoms with van der Waals surface area (Å²) >= 11 is 0. The minimum atomic E-state index is -4.70. The number of amides is 1. The molecule has 6 nitrogen and oxygen atoms in total. The summed E-state index contributed by atoms with van der Waals surface area (Å²) in [6, 6.07) is 7.92. The van der Waals surface area contributed by atoms with E-state index in [1.165, 1.54) is 25.1 Å². The van der Waals surface area contributed by atoms with Crippen LogP contribution in [0.2, 0.25) is 0 Å². The van der Waals surface area contributed by atoms with Crippen LogP contribution in [0.5, 0.6) is 11.5 Å². The van der Waals surface area contributed by atoms with E-state index < -0.39 is 22.4 Å². The molecule has 1 N–H and O–H groups in total. The van der Waals surface area contributed by atoms with Gasteiger partial charge >= 0.3 is 11.9 Å². The second-order valence-electron chi connectivity index (χ2n) is 4.75. The van der Waals surface area contributed by atoms with Crippen molar-refractivity contribution in [3.8, 4) is 11.5 Å². The van der Waals surface area contributed by atoms with Crippen LogP contribution in [0.15, 0.2) is 42.5 Å². The Morgan fingerprint density at radius 3 is 2.50 bits per heavy atom.